The number of anilines is 1. The maximum atomic E-state index is 7.50. The van der Waals surface area contributed by atoms with Gasteiger partial charge in [-0.3, -0.25) is 0 Å². The molecule has 0 unspecified atom stereocenters. The van der Waals surface area contributed by atoms with E-state index in [0.717, 1.165) is 4.90 Å². The van der Waals surface area contributed by atoms with Gasteiger partial charge in [0, 0.05) is 19.8 Å². The van der Waals surface area contributed by atoms with Crippen LogP contribution < -0.4 is 4.90 Å². The second-order valence-corrected chi connectivity index (χ2v) is 3.82. The molecule has 0 amide bonds. The summed E-state index contributed by atoms with van der Waals surface area (Å²) >= 11 is 4.94. The fourth-order valence-electron chi connectivity index (χ4n) is 1.07. The molecular weight excluding hydrogens is 314 g/mol. The minimum atomic E-state index is 0. The molecule has 0 fully saturated rings. The Balaban J connectivity index is -0.000000246. The van der Waals surface area contributed by atoms with E-state index in [9.17, 15) is 0 Å². The monoisotopic (exact) mass is 329 g/mol. The van der Waals surface area contributed by atoms with Crippen LogP contribution >= 0.6 is 0 Å². The molecule has 106 valence electrons. The summed E-state index contributed by atoms with van der Waals surface area (Å²) in [5.41, 5.74) is 1.19. The summed E-state index contributed by atoms with van der Waals surface area (Å²) in [4.78, 5) is 2.94. The zero-order valence-corrected chi connectivity index (χ0v) is 13.1. The second kappa shape index (κ2) is 17.6. The minimum absolute atomic E-state index is 0. The van der Waals surface area contributed by atoms with Crippen LogP contribution in [-0.4, -0.2) is 14.1 Å². The maximum Gasteiger partial charge on any atom is 2.00 e. The summed E-state index contributed by atoms with van der Waals surface area (Å²) in [5, 5.41) is 0. The number of hydrogen-bond acceptors (Lipinski definition) is 2. The van der Waals surface area contributed by atoms with E-state index in [1.807, 2.05) is 68.7 Å². The van der Waals surface area contributed by atoms with Crippen LogP contribution in [0.5, 0.6) is 0 Å². The molecule has 0 aromatic heterocycles. The summed E-state index contributed by atoms with van der Waals surface area (Å²) in [6.45, 7) is 9.00. The maximum absolute atomic E-state index is 7.50. The third-order valence-electron chi connectivity index (χ3n) is 1.91. The SMILES string of the molecule is CN(C)c1ccc([S-])cc1.[C-]#[O+].[C-]#[O+].[Fe+2].c1cc[cH-]c1. The van der Waals surface area contributed by atoms with Gasteiger partial charge in [0.15, 0.2) is 0 Å². The molecule has 2 aromatic rings. The molecule has 0 aliphatic carbocycles. The third-order valence-corrected chi connectivity index (χ3v) is 2.18. The fraction of sp³-hybridized carbons (Fsp3) is 0.133. The van der Waals surface area contributed by atoms with Gasteiger partial charge in [0.25, 0.3) is 0 Å². The molecule has 0 saturated heterocycles. The van der Waals surface area contributed by atoms with Crippen molar-refractivity contribution in [1.29, 1.82) is 0 Å². The summed E-state index contributed by atoms with van der Waals surface area (Å²) in [6.07, 6.45) is 0. The smallest absolute Gasteiger partial charge is 0.214 e. The van der Waals surface area contributed by atoms with E-state index < -0.39 is 0 Å². The molecule has 2 rings (SSSR count). The average molecular weight is 329 g/mol. The largest absolute Gasteiger partial charge is 2.00 e. The van der Waals surface area contributed by atoms with Crippen molar-refractivity contribution < 1.29 is 26.4 Å². The van der Waals surface area contributed by atoms with E-state index in [1.165, 1.54) is 5.69 Å². The molecule has 0 N–H and O–H groups in total. The Hall–Kier alpha value is -1.41. The van der Waals surface area contributed by atoms with Crippen molar-refractivity contribution >= 4 is 18.3 Å². The van der Waals surface area contributed by atoms with Gasteiger partial charge in [-0.05, 0) is 12.1 Å². The van der Waals surface area contributed by atoms with Crippen LogP contribution in [0.25, 0.3) is 0 Å². The third kappa shape index (κ3) is 13.0. The molecule has 0 bridgehead atoms. The van der Waals surface area contributed by atoms with Crippen molar-refractivity contribution in [1.82, 2.24) is 0 Å². The number of hydrogen-bond donors (Lipinski definition) is 0. The molecule has 0 radical (unpaired) electrons. The molecule has 0 aliphatic rings. The Bertz CT molecular complexity index is 413. The van der Waals surface area contributed by atoms with Crippen molar-refractivity contribution in [3.05, 3.63) is 67.9 Å². The predicted octanol–water partition coefficient (Wildman–Crippen LogP) is 2.99. The first-order valence-corrected chi connectivity index (χ1v) is 5.63. The second-order valence-electron chi connectivity index (χ2n) is 3.35. The zero-order chi connectivity index (χ0) is 15.1. The van der Waals surface area contributed by atoms with Crippen LogP contribution in [0.4, 0.5) is 5.69 Å². The van der Waals surface area contributed by atoms with E-state index in [2.05, 4.69) is 18.2 Å². The van der Waals surface area contributed by atoms with E-state index in [4.69, 9.17) is 21.9 Å². The normalized spacial score (nSPS) is 6.90. The molecule has 0 aliphatic heterocycles. The first-order valence-electron chi connectivity index (χ1n) is 5.22. The average Bonchev–Trinajstić information content (AvgIpc) is 3.03. The summed E-state index contributed by atoms with van der Waals surface area (Å²) in [7, 11) is 4.02. The van der Waals surface area contributed by atoms with Crippen molar-refractivity contribution in [2.24, 2.45) is 0 Å². The van der Waals surface area contributed by atoms with Crippen LogP contribution in [-0.2, 0) is 39.0 Å². The van der Waals surface area contributed by atoms with Crippen LogP contribution in [0.1, 0.15) is 0 Å². The van der Waals surface area contributed by atoms with Crippen LogP contribution in [0.3, 0.4) is 0 Å². The Kier molecular flexibility index (Phi) is 20.8. The Morgan fingerprint density at radius 2 is 1.35 bits per heavy atom. The fourth-order valence-corrected chi connectivity index (χ4v) is 1.20. The summed E-state index contributed by atoms with van der Waals surface area (Å²) in [5.74, 6) is 0. The van der Waals surface area contributed by atoms with Crippen molar-refractivity contribution in [3.63, 3.8) is 0 Å². The van der Waals surface area contributed by atoms with Gasteiger partial charge in [0.1, 0.15) is 0 Å². The molecule has 2 aromatic carbocycles. The van der Waals surface area contributed by atoms with E-state index in [-0.39, 0.29) is 17.1 Å². The van der Waals surface area contributed by atoms with Gasteiger partial charge >= 0.3 is 39.7 Å². The molecule has 0 heterocycles. The minimum Gasteiger partial charge on any atom is -0.214 e. The van der Waals surface area contributed by atoms with Crippen molar-refractivity contribution in [2.75, 3.05) is 19.0 Å². The van der Waals surface area contributed by atoms with E-state index in [0.29, 0.717) is 0 Å². The molecule has 3 nitrogen and oxygen atoms in total. The summed E-state index contributed by atoms with van der Waals surface area (Å²) in [6, 6.07) is 17.9. The molecule has 5 heteroatoms. The number of rotatable bonds is 1. The molecule has 20 heavy (non-hydrogen) atoms. The van der Waals surface area contributed by atoms with Gasteiger partial charge in [-0.25, -0.2) is 12.1 Å². The van der Waals surface area contributed by atoms with Crippen LogP contribution in [0, 0.1) is 13.3 Å². The number of nitrogens with zero attached hydrogens (tertiary/aromatic N) is 1. The van der Waals surface area contributed by atoms with Crippen molar-refractivity contribution in [3.8, 4) is 0 Å². The zero-order valence-electron chi connectivity index (χ0n) is 11.2. The molecule has 0 atom stereocenters. The standard InChI is InChI=1S/C8H11NS.C5H5.2CO.Fe/c1-9(2)7-3-5-8(10)6-4-7;1-2-4-5-3-1;2*1-2;/h3-6,10H,1-2H3;1-5H;;;/q;-1;;;+2/p-1. The first kappa shape index (κ1) is 23.7. The van der Waals surface area contributed by atoms with Crippen LogP contribution in [0.2, 0.25) is 0 Å². The molecule has 0 saturated carbocycles. The Morgan fingerprint density at radius 3 is 1.60 bits per heavy atom. The van der Waals surface area contributed by atoms with Gasteiger partial charge < -0.3 is 17.5 Å². The van der Waals surface area contributed by atoms with Crippen LogP contribution in [0.15, 0.2) is 59.5 Å². The number of benzene rings is 1. The molecular formula is C15H15FeNO2S. The predicted molar refractivity (Wildman–Crippen MR) is 76.3 cm³/mol. The van der Waals surface area contributed by atoms with Gasteiger partial charge in [0.05, 0.1) is 0 Å². The quantitative estimate of drug-likeness (QED) is 0.349. The van der Waals surface area contributed by atoms with Gasteiger partial charge in [0.2, 0.25) is 0 Å². The van der Waals surface area contributed by atoms with Gasteiger partial charge in [-0.1, -0.05) is 12.1 Å². The Morgan fingerprint density at radius 1 is 0.950 bits per heavy atom. The first-order chi connectivity index (χ1) is 9.20. The van der Waals surface area contributed by atoms with E-state index >= 15 is 0 Å². The molecule has 0 spiro atoms. The summed E-state index contributed by atoms with van der Waals surface area (Å²) < 4.78 is 15.0. The van der Waals surface area contributed by atoms with Crippen molar-refractivity contribution in [2.45, 2.75) is 4.90 Å². The van der Waals surface area contributed by atoms with Gasteiger partial charge in [-0.15, -0.1) is 0 Å². The van der Waals surface area contributed by atoms with Gasteiger partial charge in [-0.2, -0.15) is 23.1 Å². The topological polar surface area (TPSA) is 43.0 Å². The van der Waals surface area contributed by atoms with E-state index in [1.54, 1.807) is 0 Å². The Labute approximate surface area is 136 Å².